The molecule has 0 aromatic carbocycles. The molecule has 0 saturated heterocycles. The second-order valence-electron chi connectivity index (χ2n) is 22.0. The lowest BCUT2D eigenvalue weighted by atomic mass is 10.0. The number of carbonyl (C=O) groups excluding carboxylic acids is 3. The fourth-order valence-electron chi connectivity index (χ4n) is 9.33. The molecule has 0 radical (unpaired) electrons. The van der Waals surface area contributed by atoms with Gasteiger partial charge in [-0.25, -0.2) is 0 Å². The van der Waals surface area contributed by atoms with Crippen molar-refractivity contribution in [1.82, 2.24) is 0 Å². The lowest BCUT2D eigenvalue weighted by Crippen LogP contribution is -2.30. The zero-order valence-electron chi connectivity index (χ0n) is 51.4. The van der Waals surface area contributed by atoms with Crippen LogP contribution in [0.5, 0.6) is 0 Å². The molecule has 0 spiro atoms. The number of hydrogen-bond donors (Lipinski definition) is 0. The van der Waals surface area contributed by atoms with Crippen LogP contribution >= 0.6 is 0 Å². The van der Waals surface area contributed by atoms with Gasteiger partial charge in [-0.3, -0.25) is 14.4 Å². The summed E-state index contributed by atoms with van der Waals surface area (Å²) in [6.07, 6.45) is 88.5. The van der Waals surface area contributed by atoms with E-state index in [9.17, 15) is 14.4 Å². The molecule has 6 nitrogen and oxygen atoms in total. The standard InChI is InChI=1S/C72H124O6/c1-4-7-10-13-16-19-22-25-27-29-31-32-33-34-35-36-37-38-39-40-41-43-44-47-50-53-56-59-62-65-71(74)77-68-69(67-76-70(73)64-61-58-55-52-49-46-24-21-18-15-12-9-6-3)78-72(75)66-63-60-57-54-51-48-45-42-30-28-26-23-20-17-14-11-8-5-2/h7,10,12,15-16,19-21,23-25,27-28,30-32,69H,4-6,8-9,11,13-14,17-18,22,26,29,33-68H2,1-3H3/b10-7-,15-12-,19-16-,23-20-,24-21-,27-25-,30-28-,32-31-. The molecule has 0 N–H and O–H groups in total. The van der Waals surface area contributed by atoms with Gasteiger partial charge >= 0.3 is 17.9 Å². The second-order valence-corrected chi connectivity index (χ2v) is 22.0. The largest absolute Gasteiger partial charge is 0.462 e. The van der Waals surface area contributed by atoms with Crippen molar-refractivity contribution in [1.29, 1.82) is 0 Å². The van der Waals surface area contributed by atoms with Crippen LogP contribution in [0.25, 0.3) is 0 Å². The highest BCUT2D eigenvalue weighted by molar-refractivity contribution is 5.71. The Bertz CT molecular complexity index is 1530. The van der Waals surface area contributed by atoms with Gasteiger partial charge in [0, 0.05) is 19.3 Å². The number of unbranched alkanes of at least 4 members (excludes halogenated alkanes) is 33. The van der Waals surface area contributed by atoms with E-state index in [-0.39, 0.29) is 31.1 Å². The summed E-state index contributed by atoms with van der Waals surface area (Å²) in [5, 5.41) is 0. The summed E-state index contributed by atoms with van der Waals surface area (Å²) < 4.78 is 16.9. The predicted octanol–water partition coefficient (Wildman–Crippen LogP) is 22.8. The van der Waals surface area contributed by atoms with Crippen molar-refractivity contribution >= 4 is 17.9 Å². The topological polar surface area (TPSA) is 78.9 Å². The van der Waals surface area contributed by atoms with Gasteiger partial charge in [-0.15, -0.1) is 0 Å². The maximum Gasteiger partial charge on any atom is 0.306 e. The molecule has 0 amide bonds. The SMILES string of the molecule is CC/C=C\C/C=C\C/C=C\C/C=C\CCCCCCCCCCCCCCCCCCC(=O)OCC(COC(=O)CCCCCCC/C=C\C/C=C\CCC)OC(=O)CCCCCCCCC/C=C\C/C=C\CCCCCC. The van der Waals surface area contributed by atoms with Gasteiger partial charge in [0.05, 0.1) is 0 Å². The molecule has 0 aliphatic rings. The Labute approximate surface area is 483 Å². The maximum atomic E-state index is 12.9. The van der Waals surface area contributed by atoms with Crippen molar-refractivity contribution in [2.75, 3.05) is 13.2 Å². The van der Waals surface area contributed by atoms with Crippen molar-refractivity contribution in [3.63, 3.8) is 0 Å². The Kier molecular flexibility index (Phi) is 62.7. The normalized spacial score (nSPS) is 12.7. The van der Waals surface area contributed by atoms with Gasteiger partial charge in [0.1, 0.15) is 13.2 Å². The lowest BCUT2D eigenvalue weighted by Gasteiger charge is -2.18. The zero-order chi connectivity index (χ0) is 56.4. The summed E-state index contributed by atoms with van der Waals surface area (Å²) >= 11 is 0. The zero-order valence-corrected chi connectivity index (χ0v) is 51.4. The minimum atomic E-state index is -0.788. The van der Waals surface area contributed by atoms with Gasteiger partial charge in [0.15, 0.2) is 6.10 Å². The van der Waals surface area contributed by atoms with E-state index in [1.54, 1.807) is 0 Å². The molecule has 0 aliphatic carbocycles. The summed E-state index contributed by atoms with van der Waals surface area (Å²) in [4.78, 5) is 38.3. The van der Waals surface area contributed by atoms with E-state index in [1.807, 2.05) is 0 Å². The minimum Gasteiger partial charge on any atom is -0.462 e. The molecule has 0 saturated carbocycles. The molecule has 0 heterocycles. The van der Waals surface area contributed by atoms with Crippen molar-refractivity contribution in [2.24, 2.45) is 0 Å². The van der Waals surface area contributed by atoms with Crippen molar-refractivity contribution in [3.05, 3.63) is 97.2 Å². The number of hydrogen-bond acceptors (Lipinski definition) is 6. The van der Waals surface area contributed by atoms with E-state index in [0.29, 0.717) is 19.3 Å². The molecule has 1 atom stereocenters. The van der Waals surface area contributed by atoms with Gasteiger partial charge < -0.3 is 14.2 Å². The van der Waals surface area contributed by atoms with Crippen LogP contribution < -0.4 is 0 Å². The van der Waals surface area contributed by atoms with Crippen LogP contribution in [-0.4, -0.2) is 37.2 Å². The van der Waals surface area contributed by atoms with Crippen LogP contribution in [0.2, 0.25) is 0 Å². The lowest BCUT2D eigenvalue weighted by molar-refractivity contribution is -0.167. The molecule has 1 unspecified atom stereocenters. The molecular formula is C72H124O6. The average molecular weight is 1090 g/mol. The minimum absolute atomic E-state index is 0.0832. The summed E-state index contributed by atoms with van der Waals surface area (Å²) in [5.74, 6) is -0.894. The van der Waals surface area contributed by atoms with Crippen LogP contribution in [0, 0.1) is 0 Å². The number of allylic oxidation sites excluding steroid dienone is 16. The quantitative estimate of drug-likeness (QED) is 0.0261. The molecular weight excluding hydrogens is 961 g/mol. The van der Waals surface area contributed by atoms with Gasteiger partial charge in [-0.05, 0) is 116 Å². The van der Waals surface area contributed by atoms with Gasteiger partial charge in [0.25, 0.3) is 0 Å². The third-order valence-corrected chi connectivity index (χ3v) is 14.3. The fourth-order valence-corrected chi connectivity index (χ4v) is 9.33. The molecule has 6 heteroatoms. The van der Waals surface area contributed by atoms with Crippen LogP contribution in [0.1, 0.15) is 323 Å². The van der Waals surface area contributed by atoms with Crippen LogP contribution in [0.15, 0.2) is 97.2 Å². The summed E-state index contributed by atoms with van der Waals surface area (Å²) in [5.41, 5.74) is 0. The molecule has 448 valence electrons. The molecule has 0 bridgehead atoms. The van der Waals surface area contributed by atoms with Gasteiger partial charge in [-0.2, -0.15) is 0 Å². The average Bonchev–Trinajstić information content (AvgIpc) is 3.44. The predicted molar refractivity (Wildman–Crippen MR) is 339 cm³/mol. The van der Waals surface area contributed by atoms with Gasteiger partial charge in [0.2, 0.25) is 0 Å². The Morgan fingerprint density at radius 3 is 0.833 bits per heavy atom. The van der Waals surface area contributed by atoms with E-state index in [2.05, 4.69) is 118 Å². The third kappa shape index (κ3) is 63.2. The van der Waals surface area contributed by atoms with Crippen LogP contribution in [0.3, 0.4) is 0 Å². The number of carbonyl (C=O) groups is 3. The third-order valence-electron chi connectivity index (χ3n) is 14.3. The fraction of sp³-hybridized carbons (Fsp3) is 0.736. The number of ether oxygens (including phenoxy) is 3. The highest BCUT2D eigenvalue weighted by atomic mass is 16.6. The Balaban J connectivity index is 4.25. The Morgan fingerprint density at radius 2 is 0.526 bits per heavy atom. The first-order valence-corrected chi connectivity index (χ1v) is 33.2. The summed E-state index contributed by atoms with van der Waals surface area (Å²) in [6.45, 7) is 6.46. The van der Waals surface area contributed by atoms with E-state index in [0.717, 1.165) is 128 Å². The molecule has 0 aromatic heterocycles. The van der Waals surface area contributed by atoms with Gasteiger partial charge in [-0.1, -0.05) is 285 Å². The van der Waals surface area contributed by atoms with Crippen LogP contribution in [-0.2, 0) is 28.6 Å². The highest BCUT2D eigenvalue weighted by Crippen LogP contribution is 2.17. The molecule has 0 fully saturated rings. The van der Waals surface area contributed by atoms with E-state index < -0.39 is 6.10 Å². The second kappa shape index (κ2) is 65.8. The van der Waals surface area contributed by atoms with Crippen molar-refractivity contribution < 1.29 is 28.6 Å². The molecule has 0 aliphatic heterocycles. The first-order chi connectivity index (χ1) is 38.5. The number of rotatable bonds is 60. The van der Waals surface area contributed by atoms with Crippen molar-refractivity contribution in [2.45, 2.75) is 329 Å². The Morgan fingerprint density at radius 1 is 0.269 bits per heavy atom. The Hall–Kier alpha value is -3.67. The van der Waals surface area contributed by atoms with E-state index in [1.165, 1.54) is 154 Å². The highest BCUT2D eigenvalue weighted by Gasteiger charge is 2.19. The first kappa shape index (κ1) is 74.3. The monoisotopic (exact) mass is 1080 g/mol. The van der Waals surface area contributed by atoms with E-state index >= 15 is 0 Å². The van der Waals surface area contributed by atoms with E-state index in [4.69, 9.17) is 14.2 Å². The molecule has 0 rings (SSSR count). The maximum absolute atomic E-state index is 12.9. The summed E-state index contributed by atoms with van der Waals surface area (Å²) in [7, 11) is 0. The molecule has 0 aromatic rings. The van der Waals surface area contributed by atoms with Crippen LogP contribution in [0.4, 0.5) is 0 Å². The van der Waals surface area contributed by atoms with Crippen molar-refractivity contribution in [3.8, 4) is 0 Å². The first-order valence-electron chi connectivity index (χ1n) is 33.2. The summed E-state index contributed by atoms with van der Waals surface area (Å²) in [6, 6.07) is 0. The molecule has 78 heavy (non-hydrogen) atoms. The smallest absolute Gasteiger partial charge is 0.306 e. The number of esters is 3.